The fraction of sp³-hybridized carbons (Fsp3) is 0.714. The molecule has 1 aromatic heterocycles. The van der Waals surface area contributed by atoms with Gasteiger partial charge in [-0.2, -0.15) is 0 Å². The maximum Gasteiger partial charge on any atom is 0.339 e. The number of aliphatic hydroxyl groups excluding tert-OH is 1. The number of fused-ring (bicyclic) bond motifs is 3. The molecule has 10 heteroatoms. The minimum atomic E-state index is -1.53. The number of rotatable bonds is 2. The molecule has 2 aliphatic carbocycles. The van der Waals surface area contributed by atoms with E-state index in [9.17, 15) is 24.3 Å². The summed E-state index contributed by atoms with van der Waals surface area (Å²) in [5.74, 6) is -3.67. The summed E-state index contributed by atoms with van der Waals surface area (Å²) in [6.45, 7) is 10.2. The van der Waals surface area contributed by atoms with Gasteiger partial charge in [0.25, 0.3) is 0 Å². The lowest BCUT2D eigenvalue weighted by Crippen LogP contribution is -2.76. The SMILES string of the molecule is CC(=O)O[C@@H]1CC(=O)OC(C)(C)[C@@H]2C(=O)[C@H](O)[C@]3(C)C(CC[C@@]4(C)[C@H](c5ccoc5)OC(=O)[C@H]5O[C@]543)[C@@]12C. The lowest BCUT2D eigenvalue weighted by Gasteiger charge is -2.67. The van der Waals surface area contributed by atoms with Crippen molar-refractivity contribution >= 4 is 23.7 Å². The summed E-state index contributed by atoms with van der Waals surface area (Å²) in [5.41, 5.74) is -5.00. The molecule has 3 saturated heterocycles. The number of aliphatic hydroxyl groups is 1. The molecule has 10 nitrogen and oxygen atoms in total. The molecule has 0 amide bonds. The van der Waals surface area contributed by atoms with Gasteiger partial charge >= 0.3 is 17.9 Å². The Morgan fingerprint density at radius 2 is 1.82 bits per heavy atom. The largest absolute Gasteiger partial charge is 0.472 e. The van der Waals surface area contributed by atoms with Crippen molar-refractivity contribution in [3.8, 4) is 0 Å². The molecule has 5 aliphatic rings. The van der Waals surface area contributed by atoms with Gasteiger partial charge < -0.3 is 28.5 Å². The molecule has 38 heavy (non-hydrogen) atoms. The van der Waals surface area contributed by atoms with Crippen LogP contribution < -0.4 is 0 Å². The number of ether oxygens (including phenoxy) is 4. The number of Topliss-reactive ketones (excluding diaryl/α,β-unsaturated/α-hetero) is 1. The van der Waals surface area contributed by atoms with Crippen molar-refractivity contribution in [1.29, 1.82) is 0 Å². The van der Waals surface area contributed by atoms with E-state index in [4.69, 9.17) is 23.4 Å². The Balaban J connectivity index is 1.57. The molecule has 10 atom stereocenters. The number of carbonyl (C=O) groups excluding carboxylic acids is 4. The van der Waals surface area contributed by atoms with E-state index in [1.54, 1.807) is 26.8 Å². The Kier molecular flexibility index (Phi) is 5.02. The van der Waals surface area contributed by atoms with Gasteiger partial charge in [-0.05, 0) is 38.7 Å². The Morgan fingerprint density at radius 1 is 1.11 bits per heavy atom. The van der Waals surface area contributed by atoms with Gasteiger partial charge in [0.1, 0.15) is 29.5 Å². The second-order valence-corrected chi connectivity index (χ2v) is 12.9. The number of furan rings is 1. The molecule has 2 saturated carbocycles. The van der Waals surface area contributed by atoms with Crippen LogP contribution in [0.5, 0.6) is 0 Å². The first kappa shape index (κ1) is 25.6. The lowest BCUT2D eigenvalue weighted by atomic mass is 9.36. The highest BCUT2D eigenvalue weighted by Crippen LogP contribution is 2.79. The predicted molar refractivity (Wildman–Crippen MR) is 127 cm³/mol. The number of esters is 3. The van der Waals surface area contributed by atoms with Gasteiger partial charge in [-0.1, -0.05) is 20.8 Å². The molecule has 1 aromatic rings. The van der Waals surface area contributed by atoms with E-state index in [2.05, 4.69) is 0 Å². The van der Waals surface area contributed by atoms with Gasteiger partial charge in [0.2, 0.25) is 0 Å². The van der Waals surface area contributed by atoms with E-state index in [0.717, 1.165) is 0 Å². The van der Waals surface area contributed by atoms with Crippen molar-refractivity contribution < 1.29 is 47.6 Å². The van der Waals surface area contributed by atoms with Crippen LogP contribution in [0.15, 0.2) is 23.0 Å². The van der Waals surface area contributed by atoms with Crippen molar-refractivity contribution in [3.05, 3.63) is 24.2 Å². The topological polar surface area (TPSA) is 142 Å². The molecule has 3 aliphatic heterocycles. The highest BCUT2D eigenvalue weighted by molar-refractivity contribution is 5.92. The molecule has 0 bridgehead atoms. The van der Waals surface area contributed by atoms with Crippen LogP contribution in [-0.2, 0) is 38.1 Å². The average molecular weight is 531 g/mol. The Hall–Kier alpha value is -2.72. The maximum absolute atomic E-state index is 14.3. The van der Waals surface area contributed by atoms with Crippen molar-refractivity contribution in [2.24, 2.45) is 28.1 Å². The van der Waals surface area contributed by atoms with Crippen LogP contribution in [-0.4, -0.2) is 58.3 Å². The monoisotopic (exact) mass is 530 g/mol. The van der Waals surface area contributed by atoms with Crippen molar-refractivity contribution in [1.82, 2.24) is 0 Å². The van der Waals surface area contributed by atoms with E-state index in [1.165, 1.54) is 19.5 Å². The van der Waals surface area contributed by atoms with Gasteiger partial charge in [-0.3, -0.25) is 14.4 Å². The smallest absolute Gasteiger partial charge is 0.339 e. The van der Waals surface area contributed by atoms with Crippen molar-refractivity contribution in [3.63, 3.8) is 0 Å². The number of hydrogen-bond acceptors (Lipinski definition) is 10. The van der Waals surface area contributed by atoms with Crippen LogP contribution in [0, 0.1) is 28.1 Å². The summed E-state index contributed by atoms with van der Waals surface area (Å²) >= 11 is 0. The third-order valence-electron chi connectivity index (χ3n) is 10.7. The first-order valence-electron chi connectivity index (χ1n) is 13.2. The van der Waals surface area contributed by atoms with Crippen LogP contribution in [0.1, 0.15) is 72.5 Å². The zero-order chi connectivity index (χ0) is 27.6. The molecule has 206 valence electrons. The summed E-state index contributed by atoms with van der Waals surface area (Å²) in [5, 5.41) is 11.9. The highest BCUT2D eigenvalue weighted by atomic mass is 16.7. The van der Waals surface area contributed by atoms with E-state index in [0.29, 0.717) is 18.4 Å². The standard InChI is InChI=1S/C28H34O10/c1-13(29)35-16-11-17(30)37-24(2,3)19-18(31)20(32)27(6)15(26(16,19)5)7-9-25(4)21(14-8-10-34-12-14)36-23(33)22-28(25,27)38-22/h8,10,12,15-16,19-22,32H,7,9,11H2,1-6H3/t15?,16-,19+,20+,21+,22-,25+,26+,27+,28-/m1/s1. The molecule has 4 heterocycles. The number of cyclic esters (lactones) is 2. The minimum absolute atomic E-state index is 0.222. The molecule has 5 fully saturated rings. The molecular formula is C28H34O10. The maximum atomic E-state index is 14.3. The average Bonchev–Trinajstić information content (AvgIpc) is 3.40. The number of hydrogen-bond donors (Lipinski definition) is 1. The second-order valence-electron chi connectivity index (χ2n) is 12.9. The fourth-order valence-electron chi connectivity index (χ4n) is 9.46. The Morgan fingerprint density at radius 3 is 2.45 bits per heavy atom. The summed E-state index contributed by atoms with van der Waals surface area (Å²) in [4.78, 5) is 52.7. The molecule has 0 radical (unpaired) electrons. The third kappa shape index (κ3) is 2.75. The number of carbonyl (C=O) groups is 4. The molecule has 1 unspecified atom stereocenters. The molecule has 0 aromatic carbocycles. The lowest BCUT2D eigenvalue weighted by molar-refractivity contribution is -0.260. The van der Waals surface area contributed by atoms with Gasteiger partial charge in [0.15, 0.2) is 11.9 Å². The Labute approximate surface area is 220 Å². The summed E-state index contributed by atoms with van der Waals surface area (Å²) in [7, 11) is 0. The highest BCUT2D eigenvalue weighted by Gasteiger charge is 2.89. The van der Waals surface area contributed by atoms with Crippen molar-refractivity contribution in [2.45, 2.75) is 96.4 Å². The van der Waals surface area contributed by atoms with Gasteiger partial charge in [-0.25, -0.2) is 4.79 Å². The van der Waals surface area contributed by atoms with Gasteiger partial charge in [-0.15, -0.1) is 0 Å². The summed E-state index contributed by atoms with van der Waals surface area (Å²) in [6.07, 6.45) is -0.340. The van der Waals surface area contributed by atoms with Crippen LogP contribution in [0.4, 0.5) is 0 Å². The second kappa shape index (κ2) is 7.47. The molecule has 6 rings (SSSR count). The summed E-state index contributed by atoms with van der Waals surface area (Å²) < 4.78 is 29.0. The van der Waals surface area contributed by atoms with Crippen LogP contribution in [0.3, 0.4) is 0 Å². The number of ketones is 1. The van der Waals surface area contributed by atoms with Crippen LogP contribution >= 0.6 is 0 Å². The summed E-state index contributed by atoms with van der Waals surface area (Å²) in [6, 6.07) is 1.74. The zero-order valence-corrected chi connectivity index (χ0v) is 22.4. The first-order chi connectivity index (χ1) is 17.7. The van der Waals surface area contributed by atoms with Gasteiger partial charge in [0.05, 0.1) is 24.9 Å². The fourth-order valence-corrected chi connectivity index (χ4v) is 9.46. The van der Waals surface area contributed by atoms with E-state index >= 15 is 0 Å². The molecular weight excluding hydrogens is 496 g/mol. The first-order valence-corrected chi connectivity index (χ1v) is 13.2. The van der Waals surface area contributed by atoms with E-state index in [1.807, 2.05) is 13.8 Å². The minimum Gasteiger partial charge on any atom is -0.472 e. The van der Waals surface area contributed by atoms with E-state index in [-0.39, 0.29) is 6.42 Å². The van der Waals surface area contributed by atoms with Crippen LogP contribution in [0.2, 0.25) is 0 Å². The molecule has 1 spiro atoms. The predicted octanol–water partition coefficient (Wildman–Crippen LogP) is 2.66. The Bertz CT molecular complexity index is 1240. The van der Waals surface area contributed by atoms with Crippen LogP contribution in [0.25, 0.3) is 0 Å². The quantitative estimate of drug-likeness (QED) is 0.344. The van der Waals surface area contributed by atoms with Crippen molar-refractivity contribution in [2.75, 3.05) is 0 Å². The van der Waals surface area contributed by atoms with E-state index < -0.39 is 87.4 Å². The molecule has 1 N–H and O–H groups in total. The zero-order valence-electron chi connectivity index (χ0n) is 22.4. The van der Waals surface area contributed by atoms with Gasteiger partial charge in [0, 0.05) is 28.7 Å². The number of epoxide rings is 1. The third-order valence-corrected chi connectivity index (χ3v) is 10.7. The normalized spacial score (nSPS) is 48.8.